The molecule has 3 rings (SSSR count). The van der Waals surface area contributed by atoms with E-state index >= 15 is 0 Å². The van der Waals surface area contributed by atoms with Crippen LogP contribution in [0.1, 0.15) is 43.5 Å². The molecule has 0 fully saturated rings. The Labute approximate surface area is 161 Å². The van der Waals surface area contributed by atoms with Gasteiger partial charge >= 0.3 is 5.97 Å². The molecule has 2 aromatic rings. The van der Waals surface area contributed by atoms with E-state index in [-0.39, 0.29) is 11.9 Å². The molecular weight excluding hydrogens is 398 g/mol. The first-order valence-electron chi connectivity index (χ1n) is 8.90. The molecule has 1 aliphatic rings. The molecule has 0 bridgehead atoms. The van der Waals surface area contributed by atoms with E-state index in [0.29, 0.717) is 13.0 Å². The number of carbonyl (C=O) groups excluding carboxylic acids is 2. The van der Waals surface area contributed by atoms with Gasteiger partial charge in [0.1, 0.15) is 6.04 Å². The number of hydrogen-bond donors (Lipinski definition) is 3. The molecule has 2 atom stereocenters. The molecule has 3 N–H and O–H groups in total. The average Bonchev–Trinajstić information content (AvgIpc) is 2.99. The monoisotopic (exact) mass is 421 g/mol. The number of methoxy groups -OCH3 is 1. The van der Waals surface area contributed by atoms with Crippen LogP contribution in [0, 0.1) is 0 Å². The highest BCUT2D eigenvalue weighted by Crippen LogP contribution is 2.35. The van der Waals surface area contributed by atoms with Crippen molar-refractivity contribution in [3.8, 4) is 0 Å². The summed E-state index contributed by atoms with van der Waals surface area (Å²) in [4.78, 5) is 26.9. The van der Waals surface area contributed by atoms with Gasteiger partial charge in [-0.05, 0) is 49.9 Å². The SMILES string of the molecule is COC(=O)[C@H](C)NC(=O)CCNC1CCCc2c1[nH]c1ccc(Br)cc21. The van der Waals surface area contributed by atoms with Gasteiger partial charge in [-0.3, -0.25) is 4.79 Å². The topological polar surface area (TPSA) is 83.2 Å². The quantitative estimate of drug-likeness (QED) is 0.626. The molecule has 140 valence electrons. The summed E-state index contributed by atoms with van der Waals surface area (Å²) >= 11 is 3.55. The summed E-state index contributed by atoms with van der Waals surface area (Å²) in [6.45, 7) is 2.18. The van der Waals surface area contributed by atoms with Crippen molar-refractivity contribution in [1.82, 2.24) is 15.6 Å². The third-order valence-electron chi connectivity index (χ3n) is 4.84. The molecule has 1 aliphatic carbocycles. The predicted octanol–water partition coefficient (Wildman–Crippen LogP) is 2.97. The van der Waals surface area contributed by atoms with Gasteiger partial charge in [-0.15, -0.1) is 0 Å². The summed E-state index contributed by atoms with van der Waals surface area (Å²) in [5, 5.41) is 7.40. The number of aromatic nitrogens is 1. The molecule has 0 aliphatic heterocycles. The van der Waals surface area contributed by atoms with E-state index in [1.165, 1.54) is 23.8 Å². The molecule has 26 heavy (non-hydrogen) atoms. The van der Waals surface area contributed by atoms with Crippen molar-refractivity contribution in [3.05, 3.63) is 33.9 Å². The molecule has 1 unspecified atom stereocenters. The Bertz CT molecular complexity index is 818. The van der Waals surface area contributed by atoms with Crippen molar-refractivity contribution in [2.75, 3.05) is 13.7 Å². The Morgan fingerprint density at radius 1 is 1.42 bits per heavy atom. The molecule has 1 amide bonds. The fourth-order valence-corrected chi connectivity index (χ4v) is 3.91. The number of halogens is 1. The zero-order valence-corrected chi connectivity index (χ0v) is 16.6. The third kappa shape index (κ3) is 4.10. The number of amides is 1. The van der Waals surface area contributed by atoms with Gasteiger partial charge in [0.2, 0.25) is 5.91 Å². The van der Waals surface area contributed by atoms with Crippen LogP contribution in [-0.2, 0) is 20.7 Å². The lowest BCUT2D eigenvalue weighted by atomic mass is 9.91. The normalized spacial score (nSPS) is 17.6. The highest BCUT2D eigenvalue weighted by molar-refractivity contribution is 9.10. The number of benzene rings is 1. The highest BCUT2D eigenvalue weighted by Gasteiger charge is 2.24. The second-order valence-corrected chi connectivity index (χ2v) is 7.58. The van der Waals surface area contributed by atoms with E-state index in [9.17, 15) is 9.59 Å². The maximum atomic E-state index is 12.0. The second kappa shape index (κ2) is 8.22. The minimum atomic E-state index is -0.624. The number of ether oxygens (including phenoxy) is 1. The fraction of sp³-hybridized carbons (Fsp3) is 0.474. The van der Waals surface area contributed by atoms with E-state index in [1.54, 1.807) is 6.92 Å². The smallest absolute Gasteiger partial charge is 0.328 e. The number of hydrogen-bond acceptors (Lipinski definition) is 4. The van der Waals surface area contributed by atoms with E-state index in [4.69, 9.17) is 0 Å². The Kier molecular flexibility index (Phi) is 5.98. The molecule has 0 spiro atoms. The van der Waals surface area contributed by atoms with Crippen LogP contribution in [0.4, 0.5) is 0 Å². The Hall–Kier alpha value is -1.86. The van der Waals surface area contributed by atoms with Crippen LogP contribution in [0.3, 0.4) is 0 Å². The number of aryl methyl sites for hydroxylation is 1. The van der Waals surface area contributed by atoms with Crippen molar-refractivity contribution in [2.45, 2.75) is 44.7 Å². The van der Waals surface area contributed by atoms with Crippen LogP contribution >= 0.6 is 15.9 Å². The van der Waals surface area contributed by atoms with Crippen molar-refractivity contribution in [2.24, 2.45) is 0 Å². The van der Waals surface area contributed by atoms with Gasteiger partial charge < -0.3 is 20.4 Å². The molecule has 1 heterocycles. The molecule has 0 saturated heterocycles. The number of esters is 1. The zero-order valence-electron chi connectivity index (χ0n) is 15.0. The molecule has 6 nitrogen and oxygen atoms in total. The molecular formula is C19H24BrN3O3. The summed E-state index contributed by atoms with van der Waals surface area (Å²) in [7, 11) is 1.31. The van der Waals surface area contributed by atoms with Gasteiger partial charge in [-0.25, -0.2) is 4.79 Å². The third-order valence-corrected chi connectivity index (χ3v) is 5.34. The lowest BCUT2D eigenvalue weighted by Crippen LogP contribution is -2.40. The molecule has 0 radical (unpaired) electrons. The van der Waals surface area contributed by atoms with E-state index < -0.39 is 12.0 Å². The summed E-state index contributed by atoms with van der Waals surface area (Å²) in [6, 6.07) is 5.89. The van der Waals surface area contributed by atoms with Gasteiger partial charge in [0, 0.05) is 40.1 Å². The molecule has 1 aromatic heterocycles. The lowest BCUT2D eigenvalue weighted by Gasteiger charge is -2.24. The lowest BCUT2D eigenvalue weighted by molar-refractivity contribution is -0.144. The molecule has 1 aromatic carbocycles. The number of nitrogens with one attached hydrogen (secondary N) is 3. The minimum absolute atomic E-state index is 0.160. The van der Waals surface area contributed by atoms with E-state index in [0.717, 1.165) is 29.3 Å². The Balaban J connectivity index is 1.60. The van der Waals surface area contributed by atoms with Gasteiger partial charge in [0.05, 0.1) is 7.11 Å². The number of rotatable bonds is 6. The Morgan fingerprint density at radius 2 is 2.23 bits per heavy atom. The van der Waals surface area contributed by atoms with Crippen LogP contribution in [0.2, 0.25) is 0 Å². The molecule has 0 saturated carbocycles. The first-order chi connectivity index (χ1) is 12.5. The van der Waals surface area contributed by atoms with Gasteiger partial charge in [-0.2, -0.15) is 0 Å². The summed E-state index contributed by atoms with van der Waals surface area (Å²) in [5.41, 5.74) is 3.75. The summed E-state index contributed by atoms with van der Waals surface area (Å²) in [6.07, 6.45) is 3.55. The maximum absolute atomic E-state index is 12.0. The fourth-order valence-electron chi connectivity index (χ4n) is 3.55. The second-order valence-electron chi connectivity index (χ2n) is 6.67. The first-order valence-corrected chi connectivity index (χ1v) is 9.69. The van der Waals surface area contributed by atoms with Crippen LogP contribution in [0.15, 0.2) is 22.7 Å². The van der Waals surface area contributed by atoms with Crippen molar-refractivity contribution < 1.29 is 14.3 Å². The van der Waals surface area contributed by atoms with Crippen LogP contribution in [0.5, 0.6) is 0 Å². The molecule has 7 heteroatoms. The van der Waals surface area contributed by atoms with Crippen LogP contribution < -0.4 is 10.6 Å². The number of carbonyl (C=O) groups is 2. The number of fused-ring (bicyclic) bond motifs is 3. The number of H-pyrrole nitrogens is 1. The van der Waals surface area contributed by atoms with Gasteiger partial charge in [0.15, 0.2) is 0 Å². The standard InChI is InChI=1S/C19H24BrN3O3/c1-11(19(25)26-2)22-17(24)8-9-21-16-5-3-4-13-14-10-12(20)6-7-15(14)23-18(13)16/h6-7,10-11,16,21,23H,3-5,8-9H2,1-2H3,(H,22,24)/t11-,16?/m0/s1. The average molecular weight is 422 g/mol. The summed E-state index contributed by atoms with van der Waals surface area (Å²) < 4.78 is 5.69. The summed E-state index contributed by atoms with van der Waals surface area (Å²) in [5.74, 6) is -0.598. The highest BCUT2D eigenvalue weighted by atomic mass is 79.9. The maximum Gasteiger partial charge on any atom is 0.328 e. The largest absolute Gasteiger partial charge is 0.467 e. The van der Waals surface area contributed by atoms with Gasteiger partial charge in [0.25, 0.3) is 0 Å². The number of aromatic amines is 1. The van der Waals surface area contributed by atoms with Crippen molar-refractivity contribution in [1.29, 1.82) is 0 Å². The van der Waals surface area contributed by atoms with E-state index in [1.807, 2.05) is 6.07 Å². The zero-order chi connectivity index (χ0) is 18.7. The van der Waals surface area contributed by atoms with Crippen molar-refractivity contribution in [3.63, 3.8) is 0 Å². The minimum Gasteiger partial charge on any atom is -0.467 e. The first kappa shape index (κ1) is 18.9. The van der Waals surface area contributed by atoms with Gasteiger partial charge in [-0.1, -0.05) is 15.9 Å². The van der Waals surface area contributed by atoms with E-state index in [2.05, 4.69) is 48.4 Å². The van der Waals surface area contributed by atoms with Crippen molar-refractivity contribution >= 4 is 38.7 Å². The predicted molar refractivity (Wildman–Crippen MR) is 104 cm³/mol. The van der Waals surface area contributed by atoms with Crippen LogP contribution in [-0.4, -0.2) is 36.6 Å². The van der Waals surface area contributed by atoms with Crippen LogP contribution in [0.25, 0.3) is 10.9 Å². The Morgan fingerprint density at radius 3 is 3.00 bits per heavy atom.